The van der Waals surface area contributed by atoms with Crippen LogP contribution in [0.1, 0.15) is 15.9 Å². The Morgan fingerprint density at radius 3 is 2.68 bits per heavy atom. The number of hydrogen-bond donors (Lipinski definition) is 1. The molecule has 0 aliphatic carbocycles. The molecule has 4 aromatic rings. The van der Waals surface area contributed by atoms with Crippen molar-refractivity contribution >= 4 is 17.4 Å². The Morgan fingerprint density at radius 1 is 1.08 bits per heavy atom. The molecule has 25 heavy (non-hydrogen) atoms. The molecule has 0 fully saturated rings. The van der Waals surface area contributed by atoms with Crippen LogP contribution >= 0.6 is 0 Å². The molecule has 4 rings (SSSR count). The molecule has 122 valence electrons. The van der Waals surface area contributed by atoms with Gasteiger partial charge >= 0.3 is 0 Å². The zero-order valence-electron chi connectivity index (χ0n) is 13.7. The summed E-state index contributed by atoms with van der Waals surface area (Å²) in [7, 11) is 0. The quantitative estimate of drug-likeness (QED) is 0.619. The third-order valence-corrected chi connectivity index (χ3v) is 3.98. The highest BCUT2D eigenvalue weighted by atomic mass is 16.1. The van der Waals surface area contributed by atoms with Crippen molar-refractivity contribution in [2.45, 2.75) is 6.92 Å². The van der Waals surface area contributed by atoms with Gasteiger partial charge in [-0.2, -0.15) is 0 Å². The predicted octanol–water partition coefficient (Wildman–Crippen LogP) is 3.96. The molecule has 5 heteroatoms. The highest BCUT2D eigenvalue weighted by Crippen LogP contribution is 2.29. The third kappa shape index (κ3) is 2.87. The van der Waals surface area contributed by atoms with Crippen molar-refractivity contribution in [3.8, 4) is 11.3 Å². The summed E-state index contributed by atoms with van der Waals surface area (Å²) in [5.74, 6) is 0.433. The largest absolute Gasteiger partial charge is 0.306 e. The van der Waals surface area contributed by atoms with E-state index < -0.39 is 0 Å². The fourth-order valence-corrected chi connectivity index (χ4v) is 2.74. The van der Waals surface area contributed by atoms with Gasteiger partial charge in [0, 0.05) is 24.2 Å². The number of benzene rings is 1. The molecule has 1 aromatic carbocycles. The number of nitrogens with one attached hydrogen (secondary N) is 1. The van der Waals surface area contributed by atoms with Crippen LogP contribution in [0.4, 0.5) is 5.82 Å². The minimum Gasteiger partial charge on any atom is -0.306 e. The molecule has 0 unspecified atom stereocenters. The van der Waals surface area contributed by atoms with Crippen LogP contribution in [0.25, 0.3) is 16.9 Å². The lowest BCUT2D eigenvalue weighted by atomic mass is 10.1. The van der Waals surface area contributed by atoms with E-state index in [0.717, 1.165) is 22.5 Å². The number of fused-ring (bicyclic) bond motifs is 1. The molecule has 1 amide bonds. The summed E-state index contributed by atoms with van der Waals surface area (Å²) < 4.78 is 1.89. The molecule has 0 aliphatic heterocycles. The van der Waals surface area contributed by atoms with E-state index in [-0.39, 0.29) is 5.91 Å². The summed E-state index contributed by atoms with van der Waals surface area (Å²) in [5, 5.41) is 2.99. The maximum atomic E-state index is 12.6. The molecule has 3 aromatic heterocycles. The number of carbonyl (C=O) groups is 1. The van der Waals surface area contributed by atoms with Crippen LogP contribution in [0.5, 0.6) is 0 Å². The van der Waals surface area contributed by atoms with E-state index in [2.05, 4.69) is 10.3 Å². The lowest BCUT2D eigenvalue weighted by Crippen LogP contribution is -2.14. The van der Waals surface area contributed by atoms with Crippen LogP contribution in [-0.4, -0.2) is 20.3 Å². The van der Waals surface area contributed by atoms with E-state index in [4.69, 9.17) is 4.98 Å². The summed E-state index contributed by atoms with van der Waals surface area (Å²) >= 11 is 0. The predicted molar refractivity (Wildman–Crippen MR) is 97.6 cm³/mol. The number of anilines is 1. The molecule has 3 heterocycles. The second-order valence-corrected chi connectivity index (χ2v) is 5.80. The van der Waals surface area contributed by atoms with Gasteiger partial charge in [-0.3, -0.25) is 14.2 Å². The van der Waals surface area contributed by atoms with Crippen LogP contribution < -0.4 is 5.32 Å². The Kier molecular flexibility index (Phi) is 3.74. The highest BCUT2D eigenvalue weighted by Gasteiger charge is 2.17. The fraction of sp³-hybridized carbons (Fsp3) is 0.0500. The average Bonchev–Trinajstić information content (AvgIpc) is 3.00. The number of hydrogen-bond acceptors (Lipinski definition) is 3. The van der Waals surface area contributed by atoms with Gasteiger partial charge in [-0.1, -0.05) is 30.3 Å². The first kappa shape index (κ1) is 15.1. The molecule has 0 atom stereocenters. The van der Waals surface area contributed by atoms with Gasteiger partial charge in [-0.15, -0.1) is 0 Å². The van der Waals surface area contributed by atoms with Gasteiger partial charge in [0.15, 0.2) is 0 Å². The van der Waals surface area contributed by atoms with E-state index >= 15 is 0 Å². The molecular formula is C20H16N4O. The van der Waals surface area contributed by atoms with Gasteiger partial charge in [-0.25, -0.2) is 4.98 Å². The van der Waals surface area contributed by atoms with Crippen LogP contribution in [0.3, 0.4) is 0 Å². The lowest BCUT2D eigenvalue weighted by Gasteiger charge is -2.08. The number of pyridine rings is 2. The maximum Gasteiger partial charge on any atom is 0.258 e. The molecule has 0 saturated heterocycles. The summed E-state index contributed by atoms with van der Waals surface area (Å²) in [4.78, 5) is 21.3. The normalized spacial score (nSPS) is 10.8. The first-order chi connectivity index (χ1) is 12.2. The van der Waals surface area contributed by atoms with E-state index in [1.54, 1.807) is 24.5 Å². The second-order valence-electron chi connectivity index (χ2n) is 5.80. The Balaban J connectivity index is 1.85. The summed E-state index contributed by atoms with van der Waals surface area (Å²) in [6.45, 7) is 2.02. The number of aromatic nitrogens is 3. The van der Waals surface area contributed by atoms with Gasteiger partial charge in [0.1, 0.15) is 17.2 Å². The van der Waals surface area contributed by atoms with Crippen molar-refractivity contribution in [2.75, 3.05) is 5.32 Å². The highest BCUT2D eigenvalue weighted by molar-refractivity contribution is 6.05. The standard InChI is InChI=1S/C20H16N4O/c1-14-9-11-24-17(12-14)22-18(15-6-3-2-4-7-15)19(24)23-20(25)16-8-5-10-21-13-16/h2-13H,1H3,(H,23,25). The Morgan fingerprint density at radius 2 is 1.92 bits per heavy atom. The van der Waals surface area contributed by atoms with E-state index in [9.17, 15) is 4.79 Å². The van der Waals surface area contributed by atoms with Gasteiger partial charge < -0.3 is 5.32 Å². The van der Waals surface area contributed by atoms with Crippen molar-refractivity contribution in [2.24, 2.45) is 0 Å². The minimum atomic E-state index is -0.215. The Hall–Kier alpha value is -3.47. The number of imidazole rings is 1. The topological polar surface area (TPSA) is 59.3 Å². The second kappa shape index (κ2) is 6.20. The molecule has 0 radical (unpaired) electrons. The minimum absolute atomic E-state index is 0.215. The van der Waals surface area contributed by atoms with Crippen LogP contribution in [0, 0.1) is 6.92 Å². The van der Waals surface area contributed by atoms with Crippen molar-refractivity contribution < 1.29 is 4.79 Å². The monoisotopic (exact) mass is 328 g/mol. The number of rotatable bonds is 3. The van der Waals surface area contributed by atoms with Gasteiger partial charge in [-0.05, 0) is 36.8 Å². The van der Waals surface area contributed by atoms with Crippen molar-refractivity contribution in [3.05, 3.63) is 84.3 Å². The van der Waals surface area contributed by atoms with Crippen molar-refractivity contribution in [3.63, 3.8) is 0 Å². The molecule has 5 nitrogen and oxygen atoms in total. The summed E-state index contributed by atoms with van der Waals surface area (Å²) in [6, 6.07) is 17.3. The van der Waals surface area contributed by atoms with Crippen molar-refractivity contribution in [1.29, 1.82) is 0 Å². The molecular weight excluding hydrogens is 312 g/mol. The van der Waals surface area contributed by atoms with Crippen LogP contribution in [0.2, 0.25) is 0 Å². The molecule has 0 bridgehead atoms. The summed E-state index contributed by atoms with van der Waals surface area (Å²) in [5.41, 5.74) is 4.10. The number of carbonyl (C=O) groups excluding carboxylic acids is 1. The SMILES string of the molecule is Cc1ccn2c(NC(=O)c3cccnc3)c(-c3ccccc3)nc2c1. The molecule has 0 saturated carbocycles. The molecule has 1 N–H and O–H groups in total. The zero-order chi connectivity index (χ0) is 17.2. The maximum absolute atomic E-state index is 12.6. The lowest BCUT2D eigenvalue weighted by molar-refractivity contribution is 0.102. The summed E-state index contributed by atoms with van der Waals surface area (Å²) in [6.07, 6.45) is 5.11. The van der Waals surface area contributed by atoms with Crippen molar-refractivity contribution in [1.82, 2.24) is 14.4 Å². The average molecular weight is 328 g/mol. The third-order valence-electron chi connectivity index (χ3n) is 3.98. The Labute approximate surface area is 145 Å². The van der Waals surface area contributed by atoms with Crippen LogP contribution in [-0.2, 0) is 0 Å². The number of nitrogens with zero attached hydrogens (tertiary/aromatic N) is 3. The van der Waals surface area contributed by atoms with Crippen LogP contribution in [0.15, 0.2) is 73.2 Å². The van der Waals surface area contributed by atoms with Gasteiger partial charge in [0.2, 0.25) is 0 Å². The smallest absolute Gasteiger partial charge is 0.258 e. The Bertz CT molecular complexity index is 1040. The number of amides is 1. The van der Waals surface area contributed by atoms with E-state index in [0.29, 0.717) is 11.4 Å². The number of aryl methyl sites for hydroxylation is 1. The molecule has 0 aliphatic rings. The van der Waals surface area contributed by atoms with Gasteiger partial charge in [0.25, 0.3) is 5.91 Å². The van der Waals surface area contributed by atoms with E-state index in [1.807, 2.05) is 60.0 Å². The fourth-order valence-electron chi connectivity index (χ4n) is 2.74. The van der Waals surface area contributed by atoms with E-state index in [1.165, 1.54) is 0 Å². The first-order valence-electron chi connectivity index (χ1n) is 7.98. The zero-order valence-corrected chi connectivity index (χ0v) is 13.7. The first-order valence-corrected chi connectivity index (χ1v) is 7.98. The molecule has 0 spiro atoms. The van der Waals surface area contributed by atoms with Gasteiger partial charge in [0.05, 0.1) is 5.56 Å².